The molecule has 0 unspecified atom stereocenters. The first-order valence-electron chi connectivity index (χ1n) is 6.15. The Bertz CT molecular complexity index is 500. The van der Waals surface area contributed by atoms with Gasteiger partial charge in [0.05, 0.1) is 17.5 Å². The summed E-state index contributed by atoms with van der Waals surface area (Å²) in [5.41, 5.74) is 5.98. The van der Waals surface area contributed by atoms with Crippen LogP contribution >= 0.6 is 12.2 Å². The summed E-state index contributed by atoms with van der Waals surface area (Å²) in [5.74, 6) is 0.446. The number of carbonyl (C=O) groups is 1. The van der Waals surface area contributed by atoms with Crippen LogP contribution in [0, 0.1) is 5.41 Å². The molecule has 0 aromatic carbocycles. The molecule has 1 aliphatic rings. The fourth-order valence-electron chi connectivity index (χ4n) is 2.14. The number of hydrogen-bond acceptors (Lipinski definition) is 4. The molecule has 19 heavy (non-hydrogen) atoms. The van der Waals surface area contributed by atoms with Gasteiger partial charge in [-0.1, -0.05) is 18.6 Å². The van der Waals surface area contributed by atoms with Crippen LogP contribution in [0.15, 0.2) is 18.3 Å². The highest BCUT2D eigenvalue weighted by Crippen LogP contribution is 2.41. The van der Waals surface area contributed by atoms with E-state index >= 15 is 0 Å². The average molecular weight is 279 g/mol. The van der Waals surface area contributed by atoms with Gasteiger partial charge in [0.1, 0.15) is 0 Å². The minimum Gasteiger partial charge on any atom is -0.481 e. The van der Waals surface area contributed by atoms with Crippen molar-refractivity contribution in [2.45, 2.75) is 25.8 Å². The van der Waals surface area contributed by atoms with Crippen molar-refractivity contribution < 1.29 is 9.53 Å². The number of ether oxygens (including phenoxy) is 1. The molecule has 1 heterocycles. The predicted molar refractivity (Wildman–Crippen MR) is 75.7 cm³/mol. The molecule has 0 aliphatic heterocycles. The topological polar surface area (TPSA) is 77.2 Å². The van der Waals surface area contributed by atoms with E-state index < -0.39 is 5.41 Å². The quantitative estimate of drug-likeness (QED) is 0.791. The molecule has 2 rings (SSSR count). The maximum atomic E-state index is 12.2. The van der Waals surface area contributed by atoms with Crippen molar-refractivity contribution in [2.24, 2.45) is 11.1 Å². The van der Waals surface area contributed by atoms with E-state index in [9.17, 15) is 4.79 Å². The van der Waals surface area contributed by atoms with Crippen LogP contribution < -0.4 is 15.8 Å². The third kappa shape index (κ3) is 2.68. The third-order valence-electron chi connectivity index (χ3n) is 3.57. The van der Waals surface area contributed by atoms with Crippen molar-refractivity contribution in [1.29, 1.82) is 0 Å². The van der Waals surface area contributed by atoms with Crippen LogP contribution in [0.3, 0.4) is 0 Å². The second-order valence-electron chi connectivity index (χ2n) is 4.69. The number of nitrogens with one attached hydrogen (secondary N) is 1. The molecule has 5 nitrogen and oxygen atoms in total. The van der Waals surface area contributed by atoms with E-state index in [1.165, 1.54) is 0 Å². The average Bonchev–Trinajstić information content (AvgIpc) is 2.34. The van der Waals surface area contributed by atoms with Gasteiger partial charge < -0.3 is 15.8 Å². The molecule has 0 atom stereocenters. The number of amides is 1. The third-order valence-corrected chi connectivity index (χ3v) is 3.97. The number of rotatable bonds is 5. The molecule has 1 aromatic heterocycles. The van der Waals surface area contributed by atoms with Gasteiger partial charge in [0.2, 0.25) is 11.8 Å². The molecular weight excluding hydrogens is 262 g/mol. The van der Waals surface area contributed by atoms with Crippen LogP contribution in [0.4, 0.5) is 0 Å². The van der Waals surface area contributed by atoms with Gasteiger partial charge in [-0.05, 0) is 24.5 Å². The molecule has 3 N–H and O–H groups in total. The fourth-order valence-corrected chi connectivity index (χ4v) is 2.44. The Morgan fingerprint density at radius 3 is 2.89 bits per heavy atom. The maximum Gasteiger partial charge on any atom is 0.233 e. The Morgan fingerprint density at radius 2 is 2.37 bits per heavy atom. The van der Waals surface area contributed by atoms with Crippen LogP contribution in [0.5, 0.6) is 5.88 Å². The highest BCUT2D eigenvalue weighted by molar-refractivity contribution is 7.80. The summed E-state index contributed by atoms with van der Waals surface area (Å²) in [5, 5.41) is 2.88. The number of aromatic nitrogens is 1. The van der Waals surface area contributed by atoms with Crippen molar-refractivity contribution in [2.75, 3.05) is 7.11 Å². The zero-order valence-electron chi connectivity index (χ0n) is 10.8. The molecule has 6 heteroatoms. The van der Waals surface area contributed by atoms with Crippen LogP contribution in [-0.4, -0.2) is 23.0 Å². The zero-order valence-corrected chi connectivity index (χ0v) is 11.6. The maximum absolute atomic E-state index is 12.2. The van der Waals surface area contributed by atoms with E-state index in [4.69, 9.17) is 22.7 Å². The SMILES string of the molecule is COc1cc(CNC(=O)C2(C(N)=S)CCC2)ccn1. The summed E-state index contributed by atoms with van der Waals surface area (Å²) in [6.45, 7) is 0.419. The number of hydrogen-bond donors (Lipinski definition) is 2. The highest BCUT2D eigenvalue weighted by Gasteiger charge is 2.46. The first kappa shape index (κ1) is 13.7. The van der Waals surface area contributed by atoms with Gasteiger partial charge in [-0.25, -0.2) is 4.98 Å². The Labute approximate surface area is 117 Å². The summed E-state index contributed by atoms with van der Waals surface area (Å²) >= 11 is 5.01. The Kier molecular flexibility index (Phi) is 3.99. The van der Waals surface area contributed by atoms with E-state index in [0.29, 0.717) is 17.4 Å². The molecule has 1 aromatic rings. The van der Waals surface area contributed by atoms with Crippen molar-refractivity contribution >= 4 is 23.1 Å². The van der Waals surface area contributed by atoms with Crippen LogP contribution in [-0.2, 0) is 11.3 Å². The minimum atomic E-state index is -0.632. The summed E-state index contributed by atoms with van der Waals surface area (Å²) < 4.78 is 5.03. The fraction of sp³-hybridized carbons (Fsp3) is 0.462. The van der Waals surface area contributed by atoms with Gasteiger partial charge >= 0.3 is 0 Å². The van der Waals surface area contributed by atoms with Gasteiger partial charge in [0, 0.05) is 18.8 Å². The highest BCUT2D eigenvalue weighted by atomic mass is 32.1. The number of nitrogens with zero attached hydrogens (tertiary/aromatic N) is 1. The molecule has 0 saturated heterocycles. The second-order valence-corrected chi connectivity index (χ2v) is 5.13. The summed E-state index contributed by atoms with van der Waals surface area (Å²) in [7, 11) is 1.56. The molecule has 1 saturated carbocycles. The Hall–Kier alpha value is -1.69. The zero-order chi connectivity index (χ0) is 13.9. The number of carbonyl (C=O) groups excluding carboxylic acids is 1. The van der Waals surface area contributed by atoms with Crippen LogP contribution in [0.25, 0.3) is 0 Å². The Morgan fingerprint density at radius 1 is 1.63 bits per heavy atom. The normalized spacial score (nSPS) is 16.3. The second kappa shape index (κ2) is 5.52. The van der Waals surface area contributed by atoms with Gasteiger partial charge in [0.25, 0.3) is 0 Å². The van der Waals surface area contributed by atoms with E-state index in [1.54, 1.807) is 19.4 Å². The standard InChI is InChI=1S/C13H17N3O2S/c1-18-10-7-9(3-6-15-10)8-16-12(17)13(11(14)19)4-2-5-13/h3,6-7H,2,4-5,8H2,1H3,(H2,14,19)(H,16,17). The molecule has 1 fully saturated rings. The molecule has 0 radical (unpaired) electrons. The number of nitrogens with two attached hydrogens (primary N) is 1. The molecule has 0 spiro atoms. The molecule has 0 bridgehead atoms. The first-order valence-corrected chi connectivity index (χ1v) is 6.56. The van der Waals surface area contributed by atoms with Crippen molar-refractivity contribution in [3.63, 3.8) is 0 Å². The lowest BCUT2D eigenvalue weighted by molar-refractivity contribution is -0.131. The number of pyridine rings is 1. The van der Waals surface area contributed by atoms with E-state index in [2.05, 4.69) is 10.3 Å². The molecule has 1 aliphatic carbocycles. The summed E-state index contributed by atoms with van der Waals surface area (Å²) in [6.07, 6.45) is 4.13. The smallest absolute Gasteiger partial charge is 0.233 e. The minimum absolute atomic E-state index is 0.0815. The predicted octanol–water partition coefficient (Wildman–Crippen LogP) is 1.16. The van der Waals surface area contributed by atoms with Gasteiger partial charge in [0.15, 0.2) is 0 Å². The van der Waals surface area contributed by atoms with Crippen molar-refractivity contribution in [1.82, 2.24) is 10.3 Å². The molecule has 1 amide bonds. The van der Waals surface area contributed by atoms with Gasteiger partial charge in [-0.3, -0.25) is 4.79 Å². The van der Waals surface area contributed by atoms with E-state index in [1.807, 2.05) is 6.07 Å². The van der Waals surface area contributed by atoms with Gasteiger partial charge in [-0.2, -0.15) is 0 Å². The van der Waals surface area contributed by atoms with E-state index in [0.717, 1.165) is 24.8 Å². The first-order chi connectivity index (χ1) is 9.08. The summed E-state index contributed by atoms with van der Waals surface area (Å²) in [4.78, 5) is 16.5. The van der Waals surface area contributed by atoms with Crippen molar-refractivity contribution in [3.8, 4) is 5.88 Å². The van der Waals surface area contributed by atoms with E-state index in [-0.39, 0.29) is 5.91 Å². The number of thiocarbonyl (C=S) groups is 1. The molecule has 102 valence electrons. The molecular formula is C13H17N3O2S. The van der Waals surface area contributed by atoms with Crippen LogP contribution in [0.1, 0.15) is 24.8 Å². The van der Waals surface area contributed by atoms with Gasteiger partial charge in [-0.15, -0.1) is 0 Å². The van der Waals surface area contributed by atoms with Crippen molar-refractivity contribution in [3.05, 3.63) is 23.9 Å². The monoisotopic (exact) mass is 279 g/mol. The van der Waals surface area contributed by atoms with Crippen LogP contribution in [0.2, 0.25) is 0 Å². The Balaban J connectivity index is 1.98. The lowest BCUT2D eigenvalue weighted by atomic mass is 9.68. The largest absolute Gasteiger partial charge is 0.481 e. The lowest BCUT2D eigenvalue weighted by Gasteiger charge is -2.39. The lowest BCUT2D eigenvalue weighted by Crippen LogP contribution is -2.52. The summed E-state index contributed by atoms with van der Waals surface area (Å²) in [6, 6.07) is 3.62. The number of methoxy groups -OCH3 is 1.